The number of amides is 1. The average Bonchev–Trinajstić information content (AvgIpc) is 2.94. The van der Waals surface area contributed by atoms with Crippen LogP contribution < -0.4 is 10.1 Å². The molecule has 0 aliphatic carbocycles. The smallest absolute Gasteiger partial charge is 0.311 e. The highest BCUT2D eigenvalue weighted by Gasteiger charge is 2.19. The van der Waals surface area contributed by atoms with Crippen LogP contribution in [0.15, 0.2) is 22.5 Å². The van der Waals surface area contributed by atoms with Gasteiger partial charge >= 0.3 is 5.69 Å². The molecule has 1 aromatic heterocycles. The summed E-state index contributed by atoms with van der Waals surface area (Å²) in [7, 11) is 1.33. The lowest BCUT2D eigenvalue weighted by atomic mass is 10.2. The van der Waals surface area contributed by atoms with Gasteiger partial charge in [0.2, 0.25) is 5.13 Å². The Hall–Kier alpha value is -2.20. The Balaban J connectivity index is 2.18. The quantitative estimate of drug-likeness (QED) is 0.373. The van der Waals surface area contributed by atoms with E-state index in [1.807, 2.05) is 6.92 Å². The number of thioether (sulfide) groups is 1. The maximum Gasteiger partial charge on any atom is 0.311 e. The molecule has 0 aliphatic rings. The number of carbonyl (C=O) groups is 1. The van der Waals surface area contributed by atoms with Crippen LogP contribution in [0.4, 0.5) is 10.8 Å². The number of carbonyl (C=O) groups excluding carboxylic acids is 1. The molecule has 0 saturated carbocycles. The number of nitrogens with one attached hydrogen (secondary N) is 1. The molecule has 1 N–H and O–H groups in total. The number of nitro benzene ring substituents is 1. The molecule has 0 atom stereocenters. The zero-order valence-corrected chi connectivity index (χ0v) is 13.4. The first-order chi connectivity index (χ1) is 10.5. The van der Waals surface area contributed by atoms with Crippen molar-refractivity contribution in [1.82, 2.24) is 10.2 Å². The summed E-state index contributed by atoms with van der Waals surface area (Å²) in [5.41, 5.74) is -0.123. The van der Waals surface area contributed by atoms with Crippen molar-refractivity contribution < 1.29 is 14.5 Å². The van der Waals surface area contributed by atoms with Crippen LogP contribution in [0.1, 0.15) is 17.3 Å². The van der Waals surface area contributed by atoms with E-state index >= 15 is 0 Å². The zero-order valence-electron chi connectivity index (χ0n) is 11.7. The minimum Gasteiger partial charge on any atom is -0.490 e. The Bertz CT molecular complexity index is 704. The normalized spacial score (nSPS) is 10.3. The van der Waals surface area contributed by atoms with Crippen molar-refractivity contribution >= 4 is 39.8 Å². The van der Waals surface area contributed by atoms with Crippen molar-refractivity contribution in [3.8, 4) is 5.75 Å². The monoisotopic (exact) mass is 340 g/mol. The molecule has 8 nitrogen and oxygen atoms in total. The first-order valence-electron chi connectivity index (χ1n) is 6.15. The molecule has 22 heavy (non-hydrogen) atoms. The molecule has 0 spiro atoms. The number of nitrogens with zero attached hydrogens (tertiary/aromatic N) is 3. The van der Waals surface area contributed by atoms with Gasteiger partial charge in [0.25, 0.3) is 5.91 Å². The predicted octanol–water partition coefficient (Wildman–Crippen LogP) is 2.82. The van der Waals surface area contributed by atoms with Crippen molar-refractivity contribution in [1.29, 1.82) is 0 Å². The summed E-state index contributed by atoms with van der Waals surface area (Å²) in [6.45, 7) is 1.99. The molecule has 1 amide bonds. The summed E-state index contributed by atoms with van der Waals surface area (Å²) in [5.74, 6) is 0.460. The number of anilines is 1. The summed E-state index contributed by atoms with van der Waals surface area (Å²) in [5, 5.41) is 21.6. The van der Waals surface area contributed by atoms with Gasteiger partial charge in [0.1, 0.15) is 0 Å². The molecule has 1 heterocycles. The van der Waals surface area contributed by atoms with E-state index in [0.29, 0.717) is 5.13 Å². The third kappa shape index (κ3) is 3.71. The molecule has 0 saturated heterocycles. The lowest BCUT2D eigenvalue weighted by molar-refractivity contribution is -0.385. The molecule has 0 bridgehead atoms. The van der Waals surface area contributed by atoms with E-state index in [2.05, 4.69) is 15.5 Å². The van der Waals surface area contributed by atoms with Crippen molar-refractivity contribution in [2.45, 2.75) is 11.3 Å². The molecule has 116 valence electrons. The number of nitro groups is 1. The summed E-state index contributed by atoms with van der Waals surface area (Å²) < 4.78 is 5.64. The Morgan fingerprint density at radius 1 is 1.50 bits per heavy atom. The number of rotatable bonds is 6. The molecular weight excluding hydrogens is 328 g/mol. The van der Waals surface area contributed by atoms with Gasteiger partial charge in [-0.05, 0) is 17.9 Å². The number of hydrogen-bond acceptors (Lipinski definition) is 8. The van der Waals surface area contributed by atoms with Gasteiger partial charge in [0.15, 0.2) is 10.1 Å². The second kappa shape index (κ2) is 7.18. The lowest BCUT2D eigenvalue weighted by Crippen LogP contribution is -2.12. The Kier molecular flexibility index (Phi) is 5.28. The van der Waals surface area contributed by atoms with Crippen molar-refractivity contribution in [2.24, 2.45) is 0 Å². The number of methoxy groups -OCH3 is 1. The second-order valence-electron chi connectivity index (χ2n) is 3.90. The van der Waals surface area contributed by atoms with Gasteiger partial charge in [-0.1, -0.05) is 30.0 Å². The van der Waals surface area contributed by atoms with Crippen LogP contribution >= 0.6 is 23.1 Å². The Labute approximate surface area is 134 Å². The van der Waals surface area contributed by atoms with Gasteiger partial charge in [0.05, 0.1) is 12.0 Å². The van der Waals surface area contributed by atoms with Gasteiger partial charge < -0.3 is 4.74 Å². The number of aromatic nitrogens is 2. The molecule has 1 aromatic carbocycles. The summed E-state index contributed by atoms with van der Waals surface area (Å²) in [6.07, 6.45) is 0. The van der Waals surface area contributed by atoms with Gasteiger partial charge in [-0.15, -0.1) is 10.2 Å². The minimum atomic E-state index is -0.601. The van der Waals surface area contributed by atoms with E-state index in [4.69, 9.17) is 4.74 Å². The number of hydrogen-bond donors (Lipinski definition) is 1. The molecular formula is C12H12N4O4S2. The highest BCUT2D eigenvalue weighted by atomic mass is 32.2. The van der Waals surface area contributed by atoms with E-state index in [1.54, 1.807) is 0 Å². The van der Waals surface area contributed by atoms with E-state index < -0.39 is 10.8 Å². The zero-order chi connectivity index (χ0) is 16.1. The maximum absolute atomic E-state index is 12.1. The van der Waals surface area contributed by atoms with E-state index in [1.165, 1.54) is 42.3 Å². The van der Waals surface area contributed by atoms with E-state index in [0.717, 1.165) is 16.2 Å². The maximum atomic E-state index is 12.1. The standard InChI is InChI=1S/C12H12N4O4S2/c1-3-21-12-15-14-11(22-12)13-10(17)7-4-5-9(20-2)8(6-7)16(18)19/h4-6H,3H2,1-2H3,(H,13,14,17). The predicted molar refractivity (Wildman–Crippen MR) is 83.9 cm³/mol. The van der Waals surface area contributed by atoms with Gasteiger partial charge in [-0.25, -0.2) is 0 Å². The first kappa shape index (κ1) is 16.2. The highest BCUT2D eigenvalue weighted by molar-refractivity contribution is 8.01. The molecule has 2 aromatic rings. The van der Waals surface area contributed by atoms with Crippen LogP contribution in [0.2, 0.25) is 0 Å². The Morgan fingerprint density at radius 2 is 2.27 bits per heavy atom. The fraction of sp³-hybridized carbons (Fsp3) is 0.250. The van der Waals surface area contributed by atoms with Crippen LogP contribution in [0.25, 0.3) is 0 Å². The van der Waals surface area contributed by atoms with Gasteiger partial charge in [0, 0.05) is 11.6 Å². The largest absolute Gasteiger partial charge is 0.490 e. The number of benzene rings is 1. The fourth-order valence-corrected chi connectivity index (χ4v) is 3.23. The molecule has 0 aliphatic heterocycles. The molecule has 0 radical (unpaired) electrons. The first-order valence-corrected chi connectivity index (χ1v) is 7.95. The average molecular weight is 340 g/mol. The van der Waals surface area contributed by atoms with Crippen molar-refractivity contribution in [3.05, 3.63) is 33.9 Å². The van der Waals surface area contributed by atoms with E-state index in [-0.39, 0.29) is 17.0 Å². The third-order valence-corrected chi connectivity index (χ3v) is 4.39. The van der Waals surface area contributed by atoms with Crippen LogP contribution in [0.3, 0.4) is 0 Å². The summed E-state index contributed by atoms with van der Waals surface area (Å²) >= 11 is 2.77. The summed E-state index contributed by atoms with van der Waals surface area (Å²) in [6, 6.07) is 3.99. The van der Waals surface area contributed by atoms with Gasteiger partial charge in [-0.3, -0.25) is 20.2 Å². The molecule has 2 rings (SSSR count). The van der Waals surface area contributed by atoms with Crippen LogP contribution in [-0.4, -0.2) is 33.9 Å². The van der Waals surface area contributed by atoms with Crippen LogP contribution in [0, 0.1) is 10.1 Å². The number of ether oxygens (including phenoxy) is 1. The highest BCUT2D eigenvalue weighted by Crippen LogP contribution is 2.29. The van der Waals surface area contributed by atoms with Crippen molar-refractivity contribution in [2.75, 3.05) is 18.2 Å². The summed E-state index contributed by atoms with van der Waals surface area (Å²) in [4.78, 5) is 22.5. The molecule has 0 unspecified atom stereocenters. The third-order valence-electron chi connectivity index (χ3n) is 2.53. The van der Waals surface area contributed by atoms with Gasteiger partial charge in [-0.2, -0.15) is 0 Å². The second-order valence-corrected chi connectivity index (χ2v) is 6.39. The SMILES string of the molecule is CCSc1nnc(NC(=O)c2ccc(OC)c([N+](=O)[O-])c2)s1. The van der Waals surface area contributed by atoms with Crippen LogP contribution in [0.5, 0.6) is 5.75 Å². The molecule has 10 heteroatoms. The van der Waals surface area contributed by atoms with Crippen LogP contribution in [-0.2, 0) is 0 Å². The Morgan fingerprint density at radius 3 is 2.91 bits per heavy atom. The minimum absolute atomic E-state index is 0.0964. The van der Waals surface area contributed by atoms with E-state index in [9.17, 15) is 14.9 Å². The van der Waals surface area contributed by atoms with Crippen molar-refractivity contribution in [3.63, 3.8) is 0 Å². The lowest BCUT2D eigenvalue weighted by Gasteiger charge is -2.04. The fourth-order valence-electron chi connectivity index (χ4n) is 1.59. The molecule has 0 fully saturated rings. The topological polar surface area (TPSA) is 107 Å².